The predicted molar refractivity (Wildman–Crippen MR) is 73.8 cm³/mol. The first kappa shape index (κ1) is 15.6. The molecule has 0 aliphatic heterocycles. The number of carboxylic acids is 1. The van der Waals surface area contributed by atoms with E-state index in [4.69, 9.17) is 14.6 Å². The van der Waals surface area contributed by atoms with E-state index in [0.717, 1.165) is 6.08 Å². The number of carbonyl (C=O) groups is 2. The molecule has 0 radical (unpaired) electrons. The second kappa shape index (κ2) is 7.83. The van der Waals surface area contributed by atoms with Crippen molar-refractivity contribution in [2.75, 3.05) is 20.8 Å². The van der Waals surface area contributed by atoms with Crippen LogP contribution in [0.1, 0.15) is 12.0 Å². The molecule has 1 rings (SSSR count). The monoisotopic (exact) mass is 279 g/mol. The lowest BCUT2D eigenvalue weighted by atomic mass is 10.1. The first-order chi connectivity index (χ1) is 9.58. The Morgan fingerprint density at radius 3 is 2.75 bits per heavy atom. The average Bonchev–Trinajstić information content (AvgIpc) is 2.45. The van der Waals surface area contributed by atoms with Crippen molar-refractivity contribution in [2.45, 2.75) is 6.42 Å². The Labute approximate surface area is 117 Å². The van der Waals surface area contributed by atoms with E-state index in [0.29, 0.717) is 17.1 Å². The van der Waals surface area contributed by atoms with Crippen molar-refractivity contribution in [1.82, 2.24) is 5.32 Å². The zero-order valence-electron chi connectivity index (χ0n) is 11.4. The van der Waals surface area contributed by atoms with Gasteiger partial charge in [-0.15, -0.1) is 0 Å². The van der Waals surface area contributed by atoms with Gasteiger partial charge < -0.3 is 19.9 Å². The highest BCUT2D eigenvalue weighted by Crippen LogP contribution is 2.32. The van der Waals surface area contributed by atoms with Crippen molar-refractivity contribution in [2.24, 2.45) is 0 Å². The molecule has 0 aromatic heterocycles. The summed E-state index contributed by atoms with van der Waals surface area (Å²) in [5, 5.41) is 11.2. The molecule has 1 aromatic rings. The number of rotatable bonds is 7. The number of amides is 1. The van der Waals surface area contributed by atoms with Crippen LogP contribution in [0.5, 0.6) is 11.5 Å². The van der Waals surface area contributed by atoms with Crippen molar-refractivity contribution in [1.29, 1.82) is 0 Å². The minimum atomic E-state index is -1.05. The number of carbonyl (C=O) groups excluding carboxylic acids is 1. The molecule has 0 saturated heterocycles. The maximum Gasteiger partial charge on any atom is 0.328 e. The Morgan fingerprint density at radius 1 is 1.40 bits per heavy atom. The Hall–Kier alpha value is -2.50. The molecule has 2 N–H and O–H groups in total. The number of ether oxygens (including phenoxy) is 2. The highest BCUT2D eigenvalue weighted by atomic mass is 16.5. The molecule has 0 fully saturated rings. The Bertz CT molecular complexity index is 510. The van der Waals surface area contributed by atoms with Gasteiger partial charge in [-0.25, -0.2) is 4.79 Å². The third-order valence-corrected chi connectivity index (χ3v) is 2.49. The summed E-state index contributed by atoms with van der Waals surface area (Å²) in [7, 11) is 3.04. The molecule has 1 amide bonds. The lowest BCUT2D eigenvalue weighted by molar-refractivity contribution is -0.131. The molecule has 0 spiro atoms. The van der Waals surface area contributed by atoms with E-state index in [2.05, 4.69) is 5.32 Å². The molecule has 0 aliphatic rings. The number of para-hydroxylation sites is 1. The number of methoxy groups -OCH3 is 1. The van der Waals surface area contributed by atoms with Crippen LogP contribution in [-0.4, -0.2) is 37.7 Å². The number of nitrogens with one attached hydrogen (secondary N) is 1. The highest BCUT2D eigenvalue weighted by Gasteiger charge is 2.09. The molecule has 0 aliphatic carbocycles. The van der Waals surface area contributed by atoms with Crippen molar-refractivity contribution >= 4 is 18.0 Å². The van der Waals surface area contributed by atoms with E-state index >= 15 is 0 Å². The lowest BCUT2D eigenvalue weighted by Crippen LogP contribution is -2.20. The van der Waals surface area contributed by atoms with Gasteiger partial charge in [-0.1, -0.05) is 12.1 Å². The fourth-order valence-electron chi connectivity index (χ4n) is 1.51. The summed E-state index contributed by atoms with van der Waals surface area (Å²) in [6, 6.07) is 5.14. The second-order valence-electron chi connectivity index (χ2n) is 3.82. The number of carboxylic acid groups (broad SMARTS) is 1. The number of hydrogen-bond donors (Lipinski definition) is 2. The minimum Gasteiger partial charge on any atom is -0.493 e. The van der Waals surface area contributed by atoms with Crippen LogP contribution in [-0.2, 0) is 9.59 Å². The zero-order chi connectivity index (χ0) is 15.0. The van der Waals surface area contributed by atoms with Crippen LogP contribution in [0.4, 0.5) is 0 Å². The van der Waals surface area contributed by atoms with Crippen molar-refractivity contribution < 1.29 is 24.2 Å². The molecule has 0 atom stereocenters. The molecule has 6 nitrogen and oxygen atoms in total. The fourth-order valence-corrected chi connectivity index (χ4v) is 1.51. The third kappa shape index (κ3) is 4.64. The highest BCUT2D eigenvalue weighted by molar-refractivity contribution is 5.86. The topological polar surface area (TPSA) is 84.9 Å². The van der Waals surface area contributed by atoms with Crippen LogP contribution in [0.2, 0.25) is 0 Å². The lowest BCUT2D eigenvalue weighted by Gasteiger charge is -2.13. The molecular formula is C14H17NO5. The number of hydrogen-bond acceptors (Lipinski definition) is 4. The maximum absolute atomic E-state index is 11.1. The summed E-state index contributed by atoms with van der Waals surface area (Å²) >= 11 is 0. The quantitative estimate of drug-likeness (QED) is 0.735. The zero-order valence-corrected chi connectivity index (χ0v) is 11.4. The summed E-state index contributed by atoms with van der Waals surface area (Å²) in [5.74, 6) is -0.294. The molecule has 0 unspecified atom stereocenters. The Kier molecular flexibility index (Phi) is 6.09. The van der Waals surface area contributed by atoms with Gasteiger partial charge in [0, 0.05) is 18.7 Å². The summed E-state index contributed by atoms with van der Waals surface area (Å²) in [6.07, 6.45) is 2.64. The van der Waals surface area contributed by atoms with E-state index in [9.17, 15) is 9.59 Å². The fraction of sp³-hybridized carbons (Fsp3) is 0.286. The summed E-state index contributed by atoms with van der Waals surface area (Å²) < 4.78 is 10.7. The molecule has 1 aromatic carbocycles. The molecule has 108 valence electrons. The number of benzene rings is 1. The first-order valence-corrected chi connectivity index (χ1v) is 6.00. The Morgan fingerprint density at radius 2 is 2.15 bits per heavy atom. The third-order valence-electron chi connectivity index (χ3n) is 2.49. The Balaban J connectivity index is 2.89. The molecule has 0 saturated carbocycles. The van der Waals surface area contributed by atoms with Crippen LogP contribution in [0.15, 0.2) is 24.3 Å². The van der Waals surface area contributed by atoms with Crippen molar-refractivity contribution in [3.8, 4) is 11.5 Å². The van der Waals surface area contributed by atoms with Crippen molar-refractivity contribution in [3.05, 3.63) is 29.8 Å². The second-order valence-corrected chi connectivity index (χ2v) is 3.82. The van der Waals surface area contributed by atoms with E-state index < -0.39 is 5.97 Å². The molecule has 0 bridgehead atoms. The molecule has 0 heterocycles. The van der Waals surface area contributed by atoms with Gasteiger partial charge in [0.25, 0.3) is 0 Å². The number of aliphatic carboxylic acids is 1. The van der Waals surface area contributed by atoms with Crippen LogP contribution in [0.3, 0.4) is 0 Å². The van der Waals surface area contributed by atoms with Gasteiger partial charge in [0.2, 0.25) is 5.91 Å². The molecule has 6 heteroatoms. The maximum atomic E-state index is 11.1. The largest absolute Gasteiger partial charge is 0.493 e. The predicted octanol–water partition coefficient (Wildman–Crippen LogP) is 1.31. The van der Waals surface area contributed by atoms with Crippen LogP contribution in [0, 0.1) is 0 Å². The molecule has 20 heavy (non-hydrogen) atoms. The van der Waals surface area contributed by atoms with E-state index in [-0.39, 0.29) is 18.9 Å². The van der Waals surface area contributed by atoms with Gasteiger partial charge in [0.05, 0.1) is 20.1 Å². The molecular weight excluding hydrogens is 262 g/mol. The smallest absolute Gasteiger partial charge is 0.328 e. The van der Waals surface area contributed by atoms with Crippen molar-refractivity contribution in [3.63, 3.8) is 0 Å². The average molecular weight is 279 g/mol. The summed E-state index contributed by atoms with van der Waals surface area (Å²) in [6.45, 7) is 0.175. The normalized spacial score (nSPS) is 10.3. The van der Waals surface area contributed by atoms with Gasteiger partial charge in [-0.3, -0.25) is 4.79 Å². The summed E-state index contributed by atoms with van der Waals surface area (Å²) in [4.78, 5) is 21.7. The van der Waals surface area contributed by atoms with E-state index in [1.54, 1.807) is 25.2 Å². The van der Waals surface area contributed by atoms with Gasteiger partial charge in [0.15, 0.2) is 11.5 Å². The standard InChI is InChI=1S/C14H17NO5/c1-15-12(16)8-9-20-14-10(6-7-13(17)18)4-3-5-11(14)19-2/h3-7H,8-9H2,1-2H3,(H,15,16)(H,17,18). The van der Waals surface area contributed by atoms with E-state index in [1.807, 2.05) is 0 Å². The van der Waals surface area contributed by atoms with Gasteiger partial charge in [-0.05, 0) is 12.1 Å². The van der Waals surface area contributed by atoms with Gasteiger partial charge >= 0.3 is 5.97 Å². The minimum absolute atomic E-state index is 0.137. The van der Waals surface area contributed by atoms with Crippen LogP contribution < -0.4 is 14.8 Å². The van der Waals surface area contributed by atoms with Crippen LogP contribution >= 0.6 is 0 Å². The first-order valence-electron chi connectivity index (χ1n) is 6.00. The summed E-state index contributed by atoms with van der Waals surface area (Å²) in [5.41, 5.74) is 0.573. The van der Waals surface area contributed by atoms with Gasteiger partial charge in [0.1, 0.15) is 0 Å². The van der Waals surface area contributed by atoms with Crippen LogP contribution in [0.25, 0.3) is 6.08 Å². The van der Waals surface area contributed by atoms with E-state index in [1.165, 1.54) is 13.2 Å². The SMILES string of the molecule is CNC(=O)CCOc1c(C=CC(=O)O)cccc1OC. The van der Waals surface area contributed by atoms with Gasteiger partial charge in [-0.2, -0.15) is 0 Å².